The second kappa shape index (κ2) is 8.15. The van der Waals surface area contributed by atoms with Crippen LogP contribution < -0.4 is 5.32 Å². The van der Waals surface area contributed by atoms with Crippen molar-refractivity contribution in [1.82, 2.24) is 4.90 Å². The number of carbonyl (C=O) groups excluding carboxylic acids is 3. The minimum atomic E-state index is -1.33. The van der Waals surface area contributed by atoms with E-state index < -0.39 is 41.1 Å². The van der Waals surface area contributed by atoms with Crippen LogP contribution in [0.2, 0.25) is 0 Å². The molecule has 29 heavy (non-hydrogen) atoms. The van der Waals surface area contributed by atoms with Crippen LogP contribution in [0.3, 0.4) is 0 Å². The van der Waals surface area contributed by atoms with Gasteiger partial charge in [-0.05, 0) is 47.7 Å². The van der Waals surface area contributed by atoms with E-state index in [0.717, 1.165) is 17.0 Å². The van der Waals surface area contributed by atoms with E-state index in [9.17, 15) is 28.7 Å². The van der Waals surface area contributed by atoms with Crippen LogP contribution in [0, 0.1) is 5.82 Å². The summed E-state index contributed by atoms with van der Waals surface area (Å²) in [7, 11) is 0. The maximum atomic E-state index is 13.3. The number of amides is 3. The van der Waals surface area contributed by atoms with Gasteiger partial charge in [0.05, 0.1) is 4.91 Å². The molecule has 0 unspecified atom stereocenters. The lowest BCUT2D eigenvalue weighted by Gasteiger charge is -2.13. The minimum Gasteiger partial charge on any atom is -0.507 e. The van der Waals surface area contributed by atoms with Crippen LogP contribution in [0.5, 0.6) is 5.75 Å². The number of nitrogens with zero attached hydrogens (tertiary/aromatic N) is 1. The summed E-state index contributed by atoms with van der Waals surface area (Å²) in [5.74, 6) is -3.78. The summed E-state index contributed by atoms with van der Waals surface area (Å²) in [4.78, 5) is 48.3. The lowest BCUT2D eigenvalue weighted by Crippen LogP contribution is -2.36. The summed E-state index contributed by atoms with van der Waals surface area (Å²) < 4.78 is 13.3. The van der Waals surface area contributed by atoms with Crippen molar-refractivity contribution >= 4 is 46.5 Å². The number of carboxylic acids is 1. The van der Waals surface area contributed by atoms with Crippen LogP contribution in [-0.4, -0.2) is 44.7 Å². The van der Waals surface area contributed by atoms with Gasteiger partial charge in [-0.2, -0.15) is 0 Å². The number of benzene rings is 2. The first-order chi connectivity index (χ1) is 13.7. The van der Waals surface area contributed by atoms with Gasteiger partial charge in [-0.1, -0.05) is 12.1 Å². The summed E-state index contributed by atoms with van der Waals surface area (Å²) in [6, 6.07) is 8.88. The Morgan fingerprint density at radius 3 is 2.59 bits per heavy atom. The van der Waals surface area contributed by atoms with Crippen molar-refractivity contribution in [2.45, 2.75) is 0 Å². The van der Waals surface area contributed by atoms with Gasteiger partial charge in [0, 0.05) is 11.8 Å². The van der Waals surface area contributed by atoms with Crippen molar-refractivity contribution in [3.63, 3.8) is 0 Å². The fourth-order valence-electron chi connectivity index (χ4n) is 2.52. The van der Waals surface area contributed by atoms with E-state index >= 15 is 0 Å². The number of aromatic hydroxyl groups is 1. The highest BCUT2D eigenvalue weighted by molar-refractivity contribution is 8.18. The molecular weight excluding hydrogens is 403 g/mol. The van der Waals surface area contributed by atoms with Crippen molar-refractivity contribution in [3.8, 4) is 5.75 Å². The van der Waals surface area contributed by atoms with Crippen LogP contribution >= 0.6 is 11.8 Å². The van der Waals surface area contributed by atoms with Crippen molar-refractivity contribution in [2.24, 2.45) is 0 Å². The van der Waals surface area contributed by atoms with E-state index in [0.29, 0.717) is 17.3 Å². The highest BCUT2D eigenvalue weighted by Crippen LogP contribution is 2.32. The largest absolute Gasteiger partial charge is 0.507 e. The van der Waals surface area contributed by atoms with E-state index in [-0.39, 0.29) is 16.2 Å². The molecule has 10 heteroatoms. The SMILES string of the molecule is O=C(CN1C(=O)S/C(=C\c2cccc(F)c2)C1=O)Nc1ccc(C(=O)O)c(O)c1. The van der Waals surface area contributed by atoms with Crippen molar-refractivity contribution in [2.75, 3.05) is 11.9 Å². The second-order valence-corrected chi connectivity index (χ2v) is 6.90. The molecule has 2 aromatic rings. The molecule has 2 aromatic carbocycles. The number of aromatic carboxylic acids is 1. The zero-order valence-corrected chi connectivity index (χ0v) is 15.4. The normalized spacial score (nSPS) is 15.1. The molecule has 0 saturated carbocycles. The van der Waals surface area contributed by atoms with Gasteiger partial charge in [-0.25, -0.2) is 9.18 Å². The van der Waals surface area contributed by atoms with Gasteiger partial charge in [0.25, 0.3) is 11.1 Å². The van der Waals surface area contributed by atoms with Gasteiger partial charge in [0.15, 0.2) is 0 Å². The molecule has 0 atom stereocenters. The van der Waals surface area contributed by atoms with E-state index in [1.165, 1.54) is 30.3 Å². The predicted octanol–water partition coefficient (Wildman–Crippen LogP) is 2.90. The van der Waals surface area contributed by atoms with E-state index in [1.807, 2.05) is 0 Å². The number of hydrogen-bond acceptors (Lipinski definition) is 6. The number of thioether (sulfide) groups is 1. The summed E-state index contributed by atoms with van der Waals surface area (Å²) in [6.45, 7) is -0.577. The van der Waals surface area contributed by atoms with E-state index in [1.54, 1.807) is 6.07 Å². The number of phenols is 1. The lowest BCUT2D eigenvalue weighted by molar-refractivity contribution is -0.127. The monoisotopic (exact) mass is 416 g/mol. The van der Waals surface area contributed by atoms with Gasteiger partial charge in [-0.15, -0.1) is 0 Å². The van der Waals surface area contributed by atoms with Gasteiger partial charge in [-0.3, -0.25) is 19.3 Å². The number of carboxylic acid groups (broad SMARTS) is 1. The third kappa shape index (κ3) is 4.61. The molecule has 3 amide bonds. The van der Waals surface area contributed by atoms with Crippen LogP contribution in [-0.2, 0) is 9.59 Å². The predicted molar refractivity (Wildman–Crippen MR) is 103 cm³/mol. The fraction of sp³-hybridized carbons (Fsp3) is 0.0526. The number of imide groups is 1. The van der Waals surface area contributed by atoms with Crippen molar-refractivity contribution in [1.29, 1.82) is 0 Å². The molecule has 0 aromatic heterocycles. The Hall–Kier alpha value is -3.66. The second-order valence-electron chi connectivity index (χ2n) is 5.91. The highest BCUT2D eigenvalue weighted by Gasteiger charge is 2.36. The molecular formula is C19H13FN2O6S. The Kier molecular flexibility index (Phi) is 5.64. The molecule has 0 spiro atoms. The molecule has 3 N–H and O–H groups in total. The smallest absolute Gasteiger partial charge is 0.339 e. The topological polar surface area (TPSA) is 124 Å². The van der Waals surface area contributed by atoms with Crippen LogP contribution in [0.15, 0.2) is 47.4 Å². The Bertz CT molecular complexity index is 1070. The van der Waals surface area contributed by atoms with Crippen LogP contribution in [0.25, 0.3) is 6.08 Å². The van der Waals surface area contributed by atoms with Gasteiger partial charge in [0.1, 0.15) is 23.7 Å². The average Bonchev–Trinajstić information content (AvgIpc) is 2.89. The molecule has 1 saturated heterocycles. The van der Waals surface area contributed by atoms with Gasteiger partial charge >= 0.3 is 5.97 Å². The number of halogens is 1. The summed E-state index contributed by atoms with van der Waals surface area (Å²) in [6.07, 6.45) is 1.36. The van der Waals surface area contributed by atoms with E-state index in [2.05, 4.69) is 5.32 Å². The third-order valence-corrected chi connectivity index (χ3v) is 4.74. The van der Waals surface area contributed by atoms with Crippen molar-refractivity contribution in [3.05, 3.63) is 64.3 Å². The summed E-state index contributed by atoms with van der Waals surface area (Å²) in [5, 5.41) is 20.2. The number of hydrogen-bond donors (Lipinski definition) is 3. The quantitative estimate of drug-likeness (QED) is 0.640. The maximum Gasteiger partial charge on any atom is 0.339 e. The molecule has 1 heterocycles. The molecule has 0 bridgehead atoms. The first kappa shape index (κ1) is 20.1. The molecule has 148 valence electrons. The molecule has 1 aliphatic heterocycles. The number of rotatable bonds is 5. The first-order valence-corrected chi connectivity index (χ1v) is 8.93. The number of anilines is 1. The zero-order chi connectivity index (χ0) is 21.1. The Balaban J connectivity index is 1.69. The molecule has 0 radical (unpaired) electrons. The van der Waals surface area contributed by atoms with Gasteiger partial charge < -0.3 is 15.5 Å². The van der Waals surface area contributed by atoms with Crippen LogP contribution in [0.1, 0.15) is 15.9 Å². The standard InChI is InChI=1S/C19H13FN2O6S/c20-11-3-1-2-10(6-11)7-15-17(25)22(19(28)29-15)9-16(24)21-12-4-5-13(18(26)27)14(23)8-12/h1-8,23H,9H2,(H,21,24)(H,26,27)/b15-7-. The number of nitrogens with one attached hydrogen (secondary N) is 1. The zero-order valence-electron chi connectivity index (χ0n) is 14.6. The van der Waals surface area contributed by atoms with Crippen molar-refractivity contribution < 1.29 is 33.8 Å². The average molecular weight is 416 g/mol. The van der Waals surface area contributed by atoms with E-state index in [4.69, 9.17) is 5.11 Å². The third-order valence-electron chi connectivity index (χ3n) is 3.83. The summed E-state index contributed by atoms with van der Waals surface area (Å²) >= 11 is 0.629. The summed E-state index contributed by atoms with van der Waals surface area (Å²) in [5.41, 5.74) is 0.158. The molecule has 3 rings (SSSR count). The Labute approximate surface area is 167 Å². The first-order valence-electron chi connectivity index (χ1n) is 8.11. The lowest BCUT2D eigenvalue weighted by atomic mass is 10.2. The molecule has 1 fully saturated rings. The number of carbonyl (C=O) groups is 4. The Morgan fingerprint density at radius 2 is 1.93 bits per heavy atom. The highest BCUT2D eigenvalue weighted by atomic mass is 32.2. The molecule has 8 nitrogen and oxygen atoms in total. The molecule has 0 aliphatic carbocycles. The Morgan fingerprint density at radius 1 is 1.17 bits per heavy atom. The fourth-order valence-corrected chi connectivity index (χ4v) is 3.36. The van der Waals surface area contributed by atoms with Gasteiger partial charge in [0.2, 0.25) is 5.91 Å². The maximum absolute atomic E-state index is 13.3. The minimum absolute atomic E-state index is 0.0526. The molecule has 1 aliphatic rings. The van der Waals surface area contributed by atoms with Crippen LogP contribution in [0.4, 0.5) is 14.9 Å².